The van der Waals surface area contributed by atoms with E-state index >= 15 is 0 Å². The standard InChI is InChI=1S/C33H35N5O3/c1-24-10-6-7-13-28(24)36-33(40)35-26-16-17-29(27(22-26)32(39)34-23-25-11-4-3-5-12-25)37-18-20-38(21-19-37)30-14-8-9-15-31(30)41-2/h3-17,22H,18-21,23H2,1-2H3,(H,34,39)(H2,35,36,40). The van der Waals surface area contributed by atoms with Gasteiger partial charge in [0, 0.05) is 49.8 Å². The van der Waals surface area contributed by atoms with Gasteiger partial charge in [0.05, 0.1) is 18.4 Å². The average molecular weight is 550 g/mol. The van der Waals surface area contributed by atoms with Crippen LogP contribution < -0.4 is 30.5 Å². The second kappa shape index (κ2) is 12.9. The van der Waals surface area contributed by atoms with Gasteiger partial charge in [-0.05, 0) is 54.4 Å². The first-order valence-corrected chi connectivity index (χ1v) is 13.7. The number of hydrogen-bond acceptors (Lipinski definition) is 5. The normalized spacial score (nSPS) is 12.9. The van der Waals surface area contributed by atoms with Crippen molar-refractivity contribution in [3.63, 3.8) is 0 Å². The molecule has 1 heterocycles. The summed E-state index contributed by atoms with van der Waals surface area (Å²) >= 11 is 0. The molecule has 0 bridgehead atoms. The molecule has 0 aliphatic carbocycles. The molecule has 1 fully saturated rings. The van der Waals surface area contributed by atoms with Gasteiger partial charge in [-0.3, -0.25) is 4.79 Å². The molecule has 8 heteroatoms. The van der Waals surface area contributed by atoms with Crippen LogP contribution in [0.4, 0.5) is 27.5 Å². The molecule has 1 aliphatic heterocycles. The fraction of sp³-hybridized carbons (Fsp3) is 0.212. The van der Waals surface area contributed by atoms with Gasteiger partial charge in [0.1, 0.15) is 5.75 Å². The van der Waals surface area contributed by atoms with Crippen LogP contribution in [-0.2, 0) is 6.54 Å². The largest absolute Gasteiger partial charge is 0.495 e. The van der Waals surface area contributed by atoms with Gasteiger partial charge in [-0.25, -0.2) is 4.79 Å². The molecule has 0 radical (unpaired) electrons. The third-order valence-corrected chi connectivity index (χ3v) is 7.23. The molecule has 41 heavy (non-hydrogen) atoms. The van der Waals surface area contributed by atoms with E-state index in [1.165, 1.54) is 0 Å². The number of carbonyl (C=O) groups excluding carboxylic acids is 2. The number of methoxy groups -OCH3 is 1. The average Bonchev–Trinajstić information content (AvgIpc) is 3.01. The molecule has 210 valence electrons. The van der Waals surface area contributed by atoms with Crippen molar-refractivity contribution in [1.29, 1.82) is 0 Å². The third kappa shape index (κ3) is 6.78. The van der Waals surface area contributed by atoms with E-state index < -0.39 is 0 Å². The summed E-state index contributed by atoms with van der Waals surface area (Å²) in [4.78, 5) is 30.8. The molecule has 3 N–H and O–H groups in total. The molecule has 0 saturated carbocycles. The number of anilines is 4. The second-order valence-corrected chi connectivity index (χ2v) is 9.94. The summed E-state index contributed by atoms with van der Waals surface area (Å²) in [6.45, 7) is 5.38. The second-order valence-electron chi connectivity index (χ2n) is 9.94. The van der Waals surface area contributed by atoms with Gasteiger partial charge in [-0.1, -0.05) is 60.7 Å². The van der Waals surface area contributed by atoms with Crippen LogP contribution in [-0.4, -0.2) is 45.2 Å². The van der Waals surface area contributed by atoms with Crippen molar-refractivity contribution in [1.82, 2.24) is 5.32 Å². The Bertz CT molecular complexity index is 1500. The third-order valence-electron chi connectivity index (χ3n) is 7.23. The van der Waals surface area contributed by atoms with Crippen molar-refractivity contribution in [2.45, 2.75) is 13.5 Å². The molecule has 1 saturated heterocycles. The van der Waals surface area contributed by atoms with Gasteiger partial charge < -0.3 is 30.5 Å². The Morgan fingerprint density at radius 2 is 1.41 bits per heavy atom. The number of ether oxygens (including phenoxy) is 1. The molecule has 5 rings (SSSR count). The van der Waals surface area contributed by atoms with Gasteiger partial charge in [0.2, 0.25) is 0 Å². The van der Waals surface area contributed by atoms with Crippen LogP contribution in [0.3, 0.4) is 0 Å². The van der Waals surface area contributed by atoms with E-state index in [-0.39, 0.29) is 11.9 Å². The summed E-state index contributed by atoms with van der Waals surface area (Å²) in [6, 6.07) is 30.6. The zero-order valence-electron chi connectivity index (χ0n) is 23.4. The lowest BCUT2D eigenvalue weighted by Gasteiger charge is -2.38. The fourth-order valence-electron chi connectivity index (χ4n) is 5.02. The predicted molar refractivity (Wildman–Crippen MR) is 165 cm³/mol. The van der Waals surface area contributed by atoms with E-state index in [2.05, 4.69) is 31.8 Å². The molecule has 0 unspecified atom stereocenters. The molecule has 1 aliphatic rings. The summed E-state index contributed by atoms with van der Waals surface area (Å²) < 4.78 is 5.56. The maximum Gasteiger partial charge on any atom is 0.323 e. The van der Waals surface area contributed by atoms with E-state index in [9.17, 15) is 9.59 Å². The van der Waals surface area contributed by atoms with E-state index in [0.29, 0.717) is 17.8 Å². The van der Waals surface area contributed by atoms with Crippen molar-refractivity contribution in [2.24, 2.45) is 0 Å². The number of rotatable bonds is 8. The minimum atomic E-state index is -0.367. The molecule has 0 atom stereocenters. The van der Waals surface area contributed by atoms with Gasteiger partial charge >= 0.3 is 6.03 Å². The molecule has 0 aromatic heterocycles. The number of para-hydroxylation sites is 3. The van der Waals surface area contributed by atoms with E-state index in [1.807, 2.05) is 91.9 Å². The van der Waals surface area contributed by atoms with Crippen molar-refractivity contribution in [3.8, 4) is 5.75 Å². The SMILES string of the molecule is COc1ccccc1N1CCN(c2ccc(NC(=O)Nc3ccccc3C)cc2C(=O)NCc2ccccc2)CC1. The smallest absolute Gasteiger partial charge is 0.323 e. The lowest BCUT2D eigenvalue weighted by molar-refractivity contribution is 0.0951. The van der Waals surface area contributed by atoms with Crippen LogP contribution in [0.2, 0.25) is 0 Å². The van der Waals surface area contributed by atoms with E-state index in [4.69, 9.17) is 4.74 Å². The first kappa shape index (κ1) is 27.6. The molecule has 4 aromatic carbocycles. The Hall–Kier alpha value is -4.98. The van der Waals surface area contributed by atoms with Crippen molar-refractivity contribution in [2.75, 3.05) is 53.7 Å². The minimum absolute atomic E-state index is 0.195. The van der Waals surface area contributed by atoms with Crippen LogP contribution >= 0.6 is 0 Å². The lowest BCUT2D eigenvalue weighted by atomic mass is 10.1. The van der Waals surface area contributed by atoms with Crippen LogP contribution in [0.1, 0.15) is 21.5 Å². The maximum absolute atomic E-state index is 13.5. The summed E-state index contributed by atoms with van der Waals surface area (Å²) in [6.07, 6.45) is 0. The van der Waals surface area contributed by atoms with Crippen molar-refractivity contribution >= 4 is 34.7 Å². The molecule has 3 amide bonds. The highest BCUT2D eigenvalue weighted by Gasteiger charge is 2.24. The first-order valence-electron chi connectivity index (χ1n) is 13.7. The number of hydrogen-bond donors (Lipinski definition) is 3. The fourth-order valence-corrected chi connectivity index (χ4v) is 5.02. The van der Waals surface area contributed by atoms with Crippen molar-refractivity contribution in [3.05, 3.63) is 114 Å². The molecular formula is C33H35N5O3. The highest BCUT2D eigenvalue weighted by atomic mass is 16.5. The highest BCUT2D eigenvalue weighted by molar-refractivity contribution is 6.04. The van der Waals surface area contributed by atoms with E-state index in [0.717, 1.165) is 60.1 Å². The zero-order chi connectivity index (χ0) is 28.6. The van der Waals surface area contributed by atoms with Crippen LogP contribution in [0.5, 0.6) is 5.75 Å². The summed E-state index contributed by atoms with van der Waals surface area (Å²) in [5.74, 6) is 0.653. The van der Waals surface area contributed by atoms with Crippen LogP contribution in [0.15, 0.2) is 97.1 Å². The van der Waals surface area contributed by atoms with Crippen molar-refractivity contribution < 1.29 is 14.3 Å². The Morgan fingerprint density at radius 1 is 0.756 bits per heavy atom. The van der Waals surface area contributed by atoms with Gasteiger partial charge in [-0.2, -0.15) is 0 Å². The first-order chi connectivity index (χ1) is 20.0. The predicted octanol–water partition coefficient (Wildman–Crippen LogP) is 5.90. The van der Waals surface area contributed by atoms with Crippen LogP contribution in [0.25, 0.3) is 0 Å². The Balaban J connectivity index is 1.34. The van der Waals surface area contributed by atoms with Gasteiger partial charge in [-0.15, -0.1) is 0 Å². The maximum atomic E-state index is 13.5. The highest BCUT2D eigenvalue weighted by Crippen LogP contribution is 2.31. The summed E-state index contributed by atoms with van der Waals surface area (Å²) in [7, 11) is 1.69. The summed E-state index contributed by atoms with van der Waals surface area (Å²) in [5.41, 5.74) is 5.66. The summed E-state index contributed by atoms with van der Waals surface area (Å²) in [5, 5.41) is 8.82. The van der Waals surface area contributed by atoms with Gasteiger partial charge in [0.15, 0.2) is 0 Å². The Morgan fingerprint density at radius 3 is 2.15 bits per heavy atom. The Kier molecular flexibility index (Phi) is 8.69. The van der Waals surface area contributed by atoms with Crippen LogP contribution in [0, 0.1) is 6.92 Å². The topological polar surface area (TPSA) is 85.9 Å². The number of nitrogens with zero attached hydrogens (tertiary/aromatic N) is 2. The molecule has 8 nitrogen and oxygen atoms in total. The number of piperazine rings is 1. The number of carbonyl (C=O) groups is 2. The number of benzene rings is 4. The monoisotopic (exact) mass is 549 g/mol. The minimum Gasteiger partial charge on any atom is -0.495 e. The number of nitrogens with one attached hydrogen (secondary N) is 3. The quantitative estimate of drug-likeness (QED) is 0.255. The number of aryl methyl sites for hydroxylation is 1. The Labute approximate surface area is 240 Å². The number of amides is 3. The molecule has 4 aromatic rings. The number of urea groups is 1. The molecule has 0 spiro atoms. The zero-order valence-corrected chi connectivity index (χ0v) is 23.4. The van der Waals surface area contributed by atoms with E-state index in [1.54, 1.807) is 13.2 Å². The van der Waals surface area contributed by atoms with Gasteiger partial charge in [0.25, 0.3) is 5.91 Å². The molecular weight excluding hydrogens is 514 g/mol. The lowest BCUT2D eigenvalue weighted by Crippen LogP contribution is -2.47.